The van der Waals surface area contributed by atoms with Gasteiger partial charge in [-0.05, 0) is 48.5 Å². The highest BCUT2D eigenvalue weighted by atomic mass is 16.4. The van der Waals surface area contributed by atoms with E-state index >= 15 is 0 Å². The molecule has 4 rings (SSSR count). The number of carbonyl (C=O) groups excluding carboxylic acids is 1. The monoisotopic (exact) mass is 388 g/mol. The quantitative estimate of drug-likeness (QED) is 0.518. The molecule has 0 radical (unpaired) electrons. The predicted molar refractivity (Wildman–Crippen MR) is 117 cm³/mol. The zero-order chi connectivity index (χ0) is 20.8. The number of fused-ring (bicyclic) bond motifs is 1. The van der Waals surface area contributed by atoms with Crippen LogP contribution in [0.2, 0.25) is 0 Å². The van der Waals surface area contributed by atoms with E-state index in [9.17, 15) is 4.79 Å². The number of carbonyl (C=O) groups is 1. The number of amides is 1. The van der Waals surface area contributed by atoms with Gasteiger partial charge in [0.2, 0.25) is 11.6 Å². The summed E-state index contributed by atoms with van der Waals surface area (Å²) < 4.78 is 5.70. The van der Waals surface area contributed by atoms with Crippen LogP contribution >= 0.6 is 0 Å². The van der Waals surface area contributed by atoms with Crippen molar-refractivity contribution in [2.75, 3.05) is 24.3 Å². The van der Waals surface area contributed by atoms with E-state index in [1.54, 1.807) is 12.3 Å². The summed E-state index contributed by atoms with van der Waals surface area (Å²) in [7, 11) is 3.88. The van der Waals surface area contributed by atoms with Crippen molar-refractivity contribution in [3.8, 4) is 11.5 Å². The lowest BCUT2D eigenvalue weighted by atomic mass is 10.1. The number of nitrogens with one attached hydrogen (secondary N) is 1. The maximum absolute atomic E-state index is 12.6. The SMILES string of the molecule is CC.CN(C)c1cccc(C(=O)Nc2cccc(-c3nc4cccnc4o3)c2)c1. The van der Waals surface area contributed by atoms with Crippen LogP contribution in [-0.2, 0) is 0 Å². The Labute approximate surface area is 170 Å². The summed E-state index contributed by atoms with van der Waals surface area (Å²) in [6.07, 6.45) is 1.66. The Morgan fingerprint density at radius 1 is 1.00 bits per heavy atom. The Balaban J connectivity index is 0.00000117. The summed E-state index contributed by atoms with van der Waals surface area (Å²) in [6, 6.07) is 18.5. The molecule has 2 aromatic heterocycles. The van der Waals surface area contributed by atoms with Crippen molar-refractivity contribution < 1.29 is 9.21 Å². The largest absolute Gasteiger partial charge is 0.418 e. The van der Waals surface area contributed by atoms with Crippen LogP contribution in [0.5, 0.6) is 0 Å². The Morgan fingerprint density at radius 3 is 2.55 bits per heavy atom. The Kier molecular flexibility index (Phi) is 6.24. The van der Waals surface area contributed by atoms with E-state index in [0.717, 1.165) is 11.3 Å². The first kappa shape index (κ1) is 20.1. The van der Waals surface area contributed by atoms with Crippen LogP contribution < -0.4 is 10.2 Å². The minimum absolute atomic E-state index is 0.171. The summed E-state index contributed by atoms with van der Waals surface area (Å²) >= 11 is 0. The molecule has 6 heteroatoms. The molecular weight excluding hydrogens is 364 g/mol. The van der Waals surface area contributed by atoms with Crippen molar-refractivity contribution in [1.82, 2.24) is 9.97 Å². The lowest BCUT2D eigenvalue weighted by molar-refractivity contribution is 0.102. The number of nitrogens with zero attached hydrogens (tertiary/aromatic N) is 3. The molecule has 4 aromatic rings. The Hall–Kier alpha value is -3.67. The first-order valence-corrected chi connectivity index (χ1v) is 9.51. The van der Waals surface area contributed by atoms with Gasteiger partial charge in [-0.15, -0.1) is 0 Å². The molecule has 0 aliphatic heterocycles. The van der Waals surface area contributed by atoms with Gasteiger partial charge < -0.3 is 14.6 Å². The maximum Gasteiger partial charge on any atom is 0.255 e. The lowest BCUT2D eigenvalue weighted by Gasteiger charge is -2.13. The van der Waals surface area contributed by atoms with Crippen molar-refractivity contribution in [3.05, 3.63) is 72.4 Å². The van der Waals surface area contributed by atoms with Gasteiger partial charge in [0.1, 0.15) is 5.52 Å². The molecule has 29 heavy (non-hydrogen) atoms. The molecule has 0 aliphatic carbocycles. The van der Waals surface area contributed by atoms with Gasteiger partial charge in [-0.3, -0.25) is 4.79 Å². The van der Waals surface area contributed by atoms with E-state index in [4.69, 9.17) is 4.42 Å². The molecule has 0 atom stereocenters. The van der Waals surface area contributed by atoms with Crippen LogP contribution in [0.15, 0.2) is 71.3 Å². The number of hydrogen-bond acceptors (Lipinski definition) is 5. The summed E-state index contributed by atoms with van der Waals surface area (Å²) in [5, 5.41) is 2.93. The van der Waals surface area contributed by atoms with E-state index in [0.29, 0.717) is 28.4 Å². The molecule has 0 fully saturated rings. The number of oxazole rings is 1. The smallest absolute Gasteiger partial charge is 0.255 e. The van der Waals surface area contributed by atoms with Crippen molar-refractivity contribution in [2.24, 2.45) is 0 Å². The zero-order valence-corrected chi connectivity index (χ0v) is 17.0. The molecule has 0 bridgehead atoms. The molecule has 0 saturated carbocycles. The van der Waals surface area contributed by atoms with Gasteiger partial charge in [0.05, 0.1) is 0 Å². The predicted octanol–water partition coefficient (Wildman–Crippen LogP) is 5.23. The molecule has 1 N–H and O–H groups in total. The number of anilines is 2. The first-order valence-electron chi connectivity index (χ1n) is 9.51. The van der Waals surface area contributed by atoms with E-state index in [1.807, 2.05) is 87.4 Å². The summed E-state index contributed by atoms with van der Waals surface area (Å²) in [6.45, 7) is 4.00. The fraction of sp³-hybridized carbons (Fsp3) is 0.174. The third kappa shape index (κ3) is 4.60. The maximum atomic E-state index is 12.6. The van der Waals surface area contributed by atoms with Crippen LogP contribution in [0.1, 0.15) is 24.2 Å². The second-order valence-electron chi connectivity index (χ2n) is 6.33. The van der Waals surface area contributed by atoms with Crippen molar-refractivity contribution >= 4 is 28.5 Å². The summed E-state index contributed by atoms with van der Waals surface area (Å²) in [4.78, 5) is 23.2. The average molecular weight is 388 g/mol. The van der Waals surface area contributed by atoms with Gasteiger partial charge in [-0.1, -0.05) is 26.0 Å². The highest BCUT2D eigenvalue weighted by Gasteiger charge is 2.11. The van der Waals surface area contributed by atoms with Crippen LogP contribution in [-0.4, -0.2) is 30.0 Å². The van der Waals surface area contributed by atoms with Gasteiger partial charge in [0.25, 0.3) is 5.91 Å². The summed E-state index contributed by atoms with van der Waals surface area (Å²) in [5.41, 5.74) is 4.19. The number of pyridine rings is 1. The third-order valence-corrected chi connectivity index (χ3v) is 4.16. The third-order valence-electron chi connectivity index (χ3n) is 4.16. The highest BCUT2D eigenvalue weighted by Crippen LogP contribution is 2.25. The van der Waals surface area contributed by atoms with Crippen LogP contribution in [0.4, 0.5) is 11.4 Å². The molecule has 0 saturated heterocycles. The molecule has 1 amide bonds. The van der Waals surface area contributed by atoms with E-state index in [-0.39, 0.29) is 5.91 Å². The van der Waals surface area contributed by atoms with Crippen LogP contribution in [0, 0.1) is 0 Å². The highest BCUT2D eigenvalue weighted by molar-refractivity contribution is 6.05. The van der Waals surface area contributed by atoms with Crippen molar-refractivity contribution in [3.63, 3.8) is 0 Å². The van der Waals surface area contributed by atoms with Gasteiger partial charge in [-0.25, -0.2) is 9.97 Å². The van der Waals surface area contributed by atoms with Crippen molar-refractivity contribution in [1.29, 1.82) is 0 Å². The van der Waals surface area contributed by atoms with Crippen molar-refractivity contribution in [2.45, 2.75) is 13.8 Å². The minimum atomic E-state index is -0.171. The van der Waals surface area contributed by atoms with Gasteiger partial charge >= 0.3 is 0 Å². The fourth-order valence-corrected chi connectivity index (χ4v) is 2.75. The van der Waals surface area contributed by atoms with Gasteiger partial charge in [0.15, 0.2) is 0 Å². The number of benzene rings is 2. The normalized spacial score (nSPS) is 10.2. The fourth-order valence-electron chi connectivity index (χ4n) is 2.75. The van der Waals surface area contributed by atoms with Gasteiger partial charge in [-0.2, -0.15) is 0 Å². The molecule has 148 valence electrons. The zero-order valence-electron chi connectivity index (χ0n) is 17.0. The Morgan fingerprint density at radius 2 is 1.79 bits per heavy atom. The molecule has 2 heterocycles. The van der Waals surface area contributed by atoms with E-state index in [1.165, 1.54) is 0 Å². The number of hydrogen-bond donors (Lipinski definition) is 1. The minimum Gasteiger partial charge on any atom is -0.418 e. The Bertz CT molecular complexity index is 1090. The summed E-state index contributed by atoms with van der Waals surface area (Å²) in [5.74, 6) is 0.296. The first-order chi connectivity index (χ1) is 14.1. The number of aromatic nitrogens is 2. The molecule has 0 aliphatic rings. The second-order valence-corrected chi connectivity index (χ2v) is 6.33. The molecule has 6 nitrogen and oxygen atoms in total. The molecule has 0 spiro atoms. The number of rotatable bonds is 4. The van der Waals surface area contributed by atoms with E-state index in [2.05, 4.69) is 15.3 Å². The van der Waals surface area contributed by atoms with Crippen LogP contribution in [0.25, 0.3) is 22.7 Å². The topological polar surface area (TPSA) is 71.3 Å². The molecular formula is C23H24N4O2. The second kappa shape index (κ2) is 9.01. The van der Waals surface area contributed by atoms with E-state index < -0.39 is 0 Å². The molecule has 2 aromatic carbocycles. The standard InChI is InChI=1S/C21H18N4O2.C2H6/c1-25(2)17-9-4-6-14(13-17)19(26)23-16-8-3-7-15(12-16)20-24-18-10-5-11-22-21(18)27-20;1-2/h3-13H,1-2H3,(H,23,26);1-2H3. The average Bonchev–Trinajstić information content (AvgIpc) is 3.20. The van der Waals surface area contributed by atoms with Gasteiger partial charge in [0, 0.05) is 42.8 Å². The van der Waals surface area contributed by atoms with Crippen LogP contribution in [0.3, 0.4) is 0 Å². The molecule has 0 unspecified atom stereocenters. The lowest BCUT2D eigenvalue weighted by Crippen LogP contribution is -2.14.